The summed E-state index contributed by atoms with van der Waals surface area (Å²) in [6.45, 7) is 4.32. The van der Waals surface area contributed by atoms with Crippen molar-refractivity contribution in [3.63, 3.8) is 0 Å². The second kappa shape index (κ2) is 8.28. The molecule has 1 atom stereocenters. The van der Waals surface area contributed by atoms with Crippen LogP contribution in [0.15, 0.2) is 18.2 Å². The first kappa shape index (κ1) is 15.3. The van der Waals surface area contributed by atoms with Gasteiger partial charge in [-0.1, -0.05) is 19.4 Å². The van der Waals surface area contributed by atoms with Crippen LogP contribution in [0.2, 0.25) is 0 Å². The third kappa shape index (κ3) is 4.22. The SMILES string of the molecule is CCCCOCCOc1ccc2c(c1)C(NC)CCC2. The highest BCUT2D eigenvalue weighted by atomic mass is 16.5. The van der Waals surface area contributed by atoms with E-state index >= 15 is 0 Å². The lowest BCUT2D eigenvalue weighted by Crippen LogP contribution is -2.21. The zero-order valence-electron chi connectivity index (χ0n) is 12.8. The van der Waals surface area contributed by atoms with Gasteiger partial charge < -0.3 is 14.8 Å². The van der Waals surface area contributed by atoms with Crippen LogP contribution in [0, 0.1) is 0 Å². The van der Waals surface area contributed by atoms with Crippen molar-refractivity contribution in [2.75, 3.05) is 26.9 Å². The Morgan fingerprint density at radius 2 is 2.15 bits per heavy atom. The Balaban J connectivity index is 1.84. The second-order valence-electron chi connectivity index (χ2n) is 5.41. The first-order chi connectivity index (χ1) is 9.85. The van der Waals surface area contributed by atoms with Crippen molar-refractivity contribution in [1.82, 2.24) is 5.32 Å². The molecule has 0 spiro atoms. The van der Waals surface area contributed by atoms with Gasteiger partial charge >= 0.3 is 0 Å². The highest BCUT2D eigenvalue weighted by Gasteiger charge is 2.19. The molecule has 3 nitrogen and oxygen atoms in total. The van der Waals surface area contributed by atoms with E-state index in [0.29, 0.717) is 19.3 Å². The standard InChI is InChI=1S/C17H27NO2/c1-3-4-10-19-11-12-20-15-9-8-14-6-5-7-17(18-2)16(14)13-15/h8-9,13,17-18H,3-7,10-12H2,1-2H3. The molecule has 0 radical (unpaired) electrons. The quantitative estimate of drug-likeness (QED) is 0.738. The van der Waals surface area contributed by atoms with E-state index in [4.69, 9.17) is 9.47 Å². The molecule has 0 saturated carbocycles. The molecule has 112 valence electrons. The zero-order chi connectivity index (χ0) is 14.2. The Kier molecular flexibility index (Phi) is 6.34. The predicted octanol–water partition coefficient (Wildman–Crippen LogP) is 3.48. The number of hydrogen-bond acceptors (Lipinski definition) is 3. The number of ether oxygens (including phenoxy) is 2. The van der Waals surface area contributed by atoms with Crippen LogP contribution in [-0.2, 0) is 11.2 Å². The molecule has 1 unspecified atom stereocenters. The molecule has 0 amide bonds. The summed E-state index contributed by atoms with van der Waals surface area (Å²) in [7, 11) is 2.04. The molecule has 0 heterocycles. The van der Waals surface area contributed by atoms with Gasteiger partial charge in [-0.2, -0.15) is 0 Å². The first-order valence-electron chi connectivity index (χ1n) is 7.85. The molecule has 1 aliphatic carbocycles. The van der Waals surface area contributed by atoms with Crippen molar-refractivity contribution in [2.24, 2.45) is 0 Å². The topological polar surface area (TPSA) is 30.5 Å². The molecule has 1 aromatic carbocycles. The molecule has 1 aliphatic rings. The van der Waals surface area contributed by atoms with E-state index in [1.54, 1.807) is 0 Å². The molecule has 0 saturated heterocycles. The molecule has 20 heavy (non-hydrogen) atoms. The normalized spacial score (nSPS) is 17.8. The van der Waals surface area contributed by atoms with Crippen molar-refractivity contribution < 1.29 is 9.47 Å². The minimum atomic E-state index is 0.475. The molecular formula is C17H27NO2. The van der Waals surface area contributed by atoms with E-state index in [9.17, 15) is 0 Å². The monoisotopic (exact) mass is 277 g/mol. The minimum absolute atomic E-state index is 0.475. The molecule has 2 rings (SSSR count). The third-order valence-electron chi connectivity index (χ3n) is 3.92. The largest absolute Gasteiger partial charge is 0.491 e. The average molecular weight is 277 g/mol. The summed E-state index contributed by atoms with van der Waals surface area (Å²) in [6.07, 6.45) is 5.98. The first-order valence-corrected chi connectivity index (χ1v) is 7.85. The number of hydrogen-bond donors (Lipinski definition) is 1. The van der Waals surface area contributed by atoms with E-state index in [-0.39, 0.29) is 0 Å². The van der Waals surface area contributed by atoms with E-state index in [0.717, 1.165) is 18.8 Å². The lowest BCUT2D eigenvalue weighted by atomic mass is 9.87. The van der Waals surface area contributed by atoms with Crippen molar-refractivity contribution in [2.45, 2.75) is 45.1 Å². The number of aryl methyl sites for hydroxylation is 1. The van der Waals surface area contributed by atoms with Crippen LogP contribution < -0.4 is 10.1 Å². The Bertz CT molecular complexity index is 406. The maximum Gasteiger partial charge on any atom is 0.119 e. The predicted molar refractivity (Wildman–Crippen MR) is 82.4 cm³/mol. The molecule has 0 bridgehead atoms. The van der Waals surface area contributed by atoms with Gasteiger partial charge in [0, 0.05) is 12.6 Å². The Labute approximate surface area is 122 Å². The molecule has 0 aromatic heterocycles. The summed E-state index contributed by atoms with van der Waals surface area (Å²) in [5, 5.41) is 3.40. The van der Waals surface area contributed by atoms with Gasteiger partial charge in [-0.15, -0.1) is 0 Å². The van der Waals surface area contributed by atoms with Crippen LogP contribution in [0.25, 0.3) is 0 Å². The fourth-order valence-corrected chi connectivity index (χ4v) is 2.73. The van der Waals surface area contributed by atoms with E-state index in [2.05, 4.69) is 30.4 Å². The Morgan fingerprint density at radius 1 is 1.25 bits per heavy atom. The summed E-state index contributed by atoms with van der Waals surface area (Å²) >= 11 is 0. The lowest BCUT2D eigenvalue weighted by Gasteiger charge is -2.25. The van der Waals surface area contributed by atoms with Gasteiger partial charge in [0.2, 0.25) is 0 Å². The molecular weight excluding hydrogens is 250 g/mol. The average Bonchev–Trinajstić information content (AvgIpc) is 2.50. The van der Waals surface area contributed by atoms with Gasteiger partial charge in [-0.3, -0.25) is 0 Å². The number of benzene rings is 1. The number of rotatable bonds is 8. The van der Waals surface area contributed by atoms with E-state index in [1.165, 1.54) is 36.8 Å². The zero-order valence-corrected chi connectivity index (χ0v) is 12.8. The van der Waals surface area contributed by atoms with Crippen LogP contribution in [0.1, 0.15) is 49.8 Å². The van der Waals surface area contributed by atoms with Crippen LogP contribution in [0.4, 0.5) is 0 Å². The summed E-state index contributed by atoms with van der Waals surface area (Å²) < 4.78 is 11.3. The molecule has 1 aromatic rings. The van der Waals surface area contributed by atoms with Crippen molar-refractivity contribution >= 4 is 0 Å². The van der Waals surface area contributed by atoms with Crippen LogP contribution >= 0.6 is 0 Å². The third-order valence-corrected chi connectivity index (χ3v) is 3.92. The Hall–Kier alpha value is -1.06. The summed E-state index contributed by atoms with van der Waals surface area (Å²) in [5.74, 6) is 0.963. The van der Waals surface area contributed by atoms with E-state index < -0.39 is 0 Å². The lowest BCUT2D eigenvalue weighted by molar-refractivity contribution is 0.0980. The van der Waals surface area contributed by atoms with Gasteiger partial charge in [0.1, 0.15) is 12.4 Å². The van der Waals surface area contributed by atoms with Crippen LogP contribution in [0.3, 0.4) is 0 Å². The molecule has 0 aliphatic heterocycles. The number of unbranched alkanes of at least 4 members (excludes halogenated alkanes) is 1. The Morgan fingerprint density at radius 3 is 2.95 bits per heavy atom. The number of nitrogens with one attached hydrogen (secondary N) is 1. The van der Waals surface area contributed by atoms with E-state index in [1.807, 2.05) is 7.05 Å². The van der Waals surface area contributed by atoms with Crippen LogP contribution in [0.5, 0.6) is 5.75 Å². The molecule has 0 fully saturated rings. The highest BCUT2D eigenvalue weighted by Crippen LogP contribution is 2.32. The number of fused-ring (bicyclic) bond motifs is 1. The van der Waals surface area contributed by atoms with Crippen LogP contribution in [-0.4, -0.2) is 26.9 Å². The van der Waals surface area contributed by atoms with Gasteiger partial charge in [0.15, 0.2) is 0 Å². The summed E-state index contributed by atoms with van der Waals surface area (Å²) in [5.41, 5.74) is 2.87. The second-order valence-corrected chi connectivity index (χ2v) is 5.41. The van der Waals surface area contributed by atoms with Gasteiger partial charge in [-0.05, 0) is 56.0 Å². The fraction of sp³-hybridized carbons (Fsp3) is 0.647. The maximum atomic E-state index is 5.79. The van der Waals surface area contributed by atoms with Crippen molar-refractivity contribution in [3.05, 3.63) is 29.3 Å². The minimum Gasteiger partial charge on any atom is -0.491 e. The fourth-order valence-electron chi connectivity index (χ4n) is 2.73. The summed E-state index contributed by atoms with van der Waals surface area (Å²) in [4.78, 5) is 0. The highest BCUT2D eigenvalue weighted by molar-refractivity contribution is 5.39. The maximum absolute atomic E-state index is 5.79. The van der Waals surface area contributed by atoms with Gasteiger partial charge in [0.25, 0.3) is 0 Å². The summed E-state index contributed by atoms with van der Waals surface area (Å²) in [6, 6.07) is 6.97. The molecule has 3 heteroatoms. The molecule has 1 N–H and O–H groups in total. The van der Waals surface area contributed by atoms with Gasteiger partial charge in [-0.25, -0.2) is 0 Å². The van der Waals surface area contributed by atoms with Gasteiger partial charge in [0.05, 0.1) is 6.61 Å². The smallest absolute Gasteiger partial charge is 0.119 e. The van der Waals surface area contributed by atoms with Crippen molar-refractivity contribution in [3.8, 4) is 5.75 Å². The van der Waals surface area contributed by atoms with Crippen molar-refractivity contribution in [1.29, 1.82) is 0 Å².